The Morgan fingerprint density at radius 3 is 2.75 bits per heavy atom. The summed E-state index contributed by atoms with van der Waals surface area (Å²) in [4.78, 5) is 21.2. The summed E-state index contributed by atoms with van der Waals surface area (Å²) in [6.45, 7) is 2.42. The molecule has 0 spiro atoms. The molecule has 0 atom stereocenters. The van der Waals surface area contributed by atoms with E-state index in [0.717, 1.165) is 37.3 Å². The maximum absolute atomic E-state index is 12.7. The topological polar surface area (TPSA) is 40.9 Å². The van der Waals surface area contributed by atoms with Crippen LogP contribution < -0.4 is 0 Å². The van der Waals surface area contributed by atoms with Crippen LogP contribution >= 0.6 is 0 Å². The Kier molecular flexibility index (Phi) is 3.44. The van der Waals surface area contributed by atoms with Gasteiger partial charge in [-0.1, -0.05) is 6.07 Å². The zero-order valence-corrected chi connectivity index (χ0v) is 12.0. The van der Waals surface area contributed by atoms with Gasteiger partial charge in [-0.15, -0.1) is 0 Å². The Morgan fingerprint density at radius 1 is 1.30 bits per heavy atom. The van der Waals surface area contributed by atoms with E-state index in [2.05, 4.69) is 9.88 Å². The van der Waals surface area contributed by atoms with E-state index in [1.165, 1.54) is 0 Å². The van der Waals surface area contributed by atoms with Crippen LogP contribution in [0.5, 0.6) is 0 Å². The quantitative estimate of drug-likeness (QED) is 0.852. The standard InChI is InChI=1S/C15H20N4O/c1-17(2)11-12-14(15(20)18-8-5-6-9-18)16-13-7-3-4-10-19(12)13/h3-4,7,10H,5-6,8-9,11H2,1-2H3. The zero-order chi connectivity index (χ0) is 14.1. The van der Waals surface area contributed by atoms with Crippen LogP contribution in [-0.2, 0) is 6.54 Å². The second-order valence-corrected chi connectivity index (χ2v) is 5.57. The number of imidazole rings is 1. The zero-order valence-electron chi connectivity index (χ0n) is 12.0. The number of carbonyl (C=O) groups excluding carboxylic acids is 1. The van der Waals surface area contributed by atoms with Gasteiger partial charge in [0.25, 0.3) is 5.91 Å². The third kappa shape index (κ3) is 2.29. The van der Waals surface area contributed by atoms with Crippen LogP contribution in [0.1, 0.15) is 29.0 Å². The Hall–Kier alpha value is -1.88. The van der Waals surface area contributed by atoms with Crippen molar-refractivity contribution in [3.63, 3.8) is 0 Å². The molecule has 5 nitrogen and oxygen atoms in total. The molecule has 1 amide bonds. The summed E-state index contributed by atoms with van der Waals surface area (Å²) >= 11 is 0. The molecule has 2 aromatic heterocycles. The highest BCUT2D eigenvalue weighted by atomic mass is 16.2. The van der Waals surface area contributed by atoms with Gasteiger partial charge in [0.1, 0.15) is 5.65 Å². The first-order valence-electron chi connectivity index (χ1n) is 7.07. The number of amides is 1. The molecule has 0 bridgehead atoms. The molecule has 2 aromatic rings. The lowest BCUT2D eigenvalue weighted by Crippen LogP contribution is -2.29. The fraction of sp³-hybridized carbons (Fsp3) is 0.467. The lowest BCUT2D eigenvalue weighted by molar-refractivity contribution is 0.0785. The van der Waals surface area contributed by atoms with E-state index in [-0.39, 0.29) is 5.91 Å². The summed E-state index contributed by atoms with van der Waals surface area (Å²) in [6, 6.07) is 5.86. The number of carbonyl (C=O) groups is 1. The summed E-state index contributed by atoms with van der Waals surface area (Å²) in [5, 5.41) is 0. The van der Waals surface area contributed by atoms with Crippen molar-refractivity contribution in [1.82, 2.24) is 19.2 Å². The average molecular weight is 272 g/mol. The van der Waals surface area contributed by atoms with Gasteiger partial charge in [0, 0.05) is 25.8 Å². The highest BCUT2D eigenvalue weighted by molar-refractivity contribution is 5.94. The highest BCUT2D eigenvalue weighted by Crippen LogP contribution is 2.18. The summed E-state index contributed by atoms with van der Waals surface area (Å²) in [5.41, 5.74) is 2.42. The smallest absolute Gasteiger partial charge is 0.274 e. The van der Waals surface area contributed by atoms with Gasteiger partial charge >= 0.3 is 0 Å². The maximum atomic E-state index is 12.7. The number of hydrogen-bond donors (Lipinski definition) is 0. The van der Waals surface area contributed by atoms with Crippen LogP contribution in [0.15, 0.2) is 24.4 Å². The predicted molar refractivity (Wildman–Crippen MR) is 77.7 cm³/mol. The molecule has 1 aliphatic rings. The van der Waals surface area contributed by atoms with Gasteiger partial charge < -0.3 is 14.2 Å². The van der Waals surface area contributed by atoms with E-state index in [9.17, 15) is 4.79 Å². The van der Waals surface area contributed by atoms with Gasteiger partial charge in [-0.2, -0.15) is 0 Å². The number of aromatic nitrogens is 2. The van der Waals surface area contributed by atoms with Crippen LogP contribution in [-0.4, -0.2) is 52.3 Å². The van der Waals surface area contributed by atoms with Gasteiger partial charge in [0.05, 0.1) is 5.69 Å². The van der Waals surface area contributed by atoms with Crippen molar-refractivity contribution in [3.05, 3.63) is 35.8 Å². The fourth-order valence-corrected chi connectivity index (χ4v) is 2.74. The average Bonchev–Trinajstić information content (AvgIpc) is 3.06. The molecule has 5 heteroatoms. The predicted octanol–water partition coefficient (Wildman–Crippen LogP) is 1.63. The minimum atomic E-state index is 0.0723. The van der Waals surface area contributed by atoms with E-state index in [1.807, 2.05) is 47.8 Å². The number of likely N-dealkylation sites (tertiary alicyclic amines) is 1. The molecule has 0 N–H and O–H groups in total. The van der Waals surface area contributed by atoms with E-state index in [1.54, 1.807) is 0 Å². The van der Waals surface area contributed by atoms with Crippen LogP contribution in [0.2, 0.25) is 0 Å². The molecule has 0 aromatic carbocycles. The first-order valence-corrected chi connectivity index (χ1v) is 7.07. The molecular weight excluding hydrogens is 252 g/mol. The summed E-state index contributed by atoms with van der Waals surface area (Å²) in [7, 11) is 4.01. The largest absolute Gasteiger partial charge is 0.337 e. The SMILES string of the molecule is CN(C)Cc1c(C(=O)N2CCCC2)nc2ccccn12. The van der Waals surface area contributed by atoms with Crippen LogP contribution in [0.4, 0.5) is 0 Å². The number of fused-ring (bicyclic) bond motifs is 1. The van der Waals surface area contributed by atoms with Crippen molar-refractivity contribution in [2.75, 3.05) is 27.2 Å². The molecule has 0 unspecified atom stereocenters. The molecule has 106 valence electrons. The highest BCUT2D eigenvalue weighted by Gasteiger charge is 2.25. The second kappa shape index (κ2) is 5.25. The minimum Gasteiger partial charge on any atom is -0.337 e. The Balaban J connectivity index is 2.06. The van der Waals surface area contributed by atoms with E-state index < -0.39 is 0 Å². The van der Waals surface area contributed by atoms with Crippen molar-refractivity contribution >= 4 is 11.6 Å². The number of rotatable bonds is 3. The van der Waals surface area contributed by atoms with E-state index >= 15 is 0 Å². The van der Waals surface area contributed by atoms with Crippen molar-refractivity contribution < 1.29 is 4.79 Å². The molecule has 1 fully saturated rings. The molecule has 3 heterocycles. The van der Waals surface area contributed by atoms with Gasteiger partial charge in [0.2, 0.25) is 0 Å². The second-order valence-electron chi connectivity index (χ2n) is 5.57. The van der Waals surface area contributed by atoms with Gasteiger partial charge in [0.15, 0.2) is 5.69 Å². The first-order chi connectivity index (χ1) is 9.66. The maximum Gasteiger partial charge on any atom is 0.274 e. The third-order valence-corrected chi connectivity index (χ3v) is 3.69. The summed E-state index contributed by atoms with van der Waals surface area (Å²) in [5.74, 6) is 0.0723. The van der Waals surface area contributed by atoms with Gasteiger partial charge in [-0.25, -0.2) is 4.98 Å². The monoisotopic (exact) mass is 272 g/mol. The first kappa shape index (κ1) is 13.1. The lowest BCUT2D eigenvalue weighted by atomic mass is 10.2. The van der Waals surface area contributed by atoms with Crippen molar-refractivity contribution in [1.29, 1.82) is 0 Å². The normalized spacial score (nSPS) is 15.4. The van der Waals surface area contributed by atoms with Gasteiger partial charge in [-0.3, -0.25) is 4.79 Å². The fourth-order valence-electron chi connectivity index (χ4n) is 2.74. The Bertz CT molecular complexity index is 626. The van der Waals surface area contributed by atoms with E-state index in [4.69, 9.17) is 0 Å². The molecular formula is C15H20N4O. The Morgan fingerprint density at radius 2 is 2.05 bits per heavy atom. The van der Waals surface area contributed by atoms with Crippen LogP contribution in [0.25, 0.3) is 5.65 Å². The molecule has 0 aliphatic carbocycles. The summed E-state index contributed by atoms with van der Waals surface area (Å²) in [6.07, 6.45) is 4.17. The molecule has 3 rings (SSSR count). The van der Waals surface area contributed by atoms with Crippen molar-refractivity contribution in [2.45, 2.75) is 19.4 Å². The number of nitrogens with zero attached hydrogens (tertiary/aromatic N) is 4. The molecule has 0 radical (unpaired) electrons. The van der Waals surface area contributed by atoms with E-state index in [0.29, 0.717) is 12.2 Å². The molecule has 20 heavy (non-hydrogen) atoms. The number of hydrogen-bond acceptors (Lipinski definition) is 3. The number of pyridine rings is 1. The van der Waals surface area contributed by atoms with Gasteiger partial charge in [-0.05, 0) is 39.1 Å². The van der Waals surface area contributed by atoms with Crippen LogP contribution in [0.3, 0.4) is 0 Å². The molecule has 1 saturated heterocycles. The lowest BCUT2D eigenvalue weighted by Gasteiger charge is -2.16. The summed E-state index contributed by atoms with van der Waals surface area (Å²) < 4.78 is 2.02. The molecule has 1 aliphatic heterocycles. The van der Waals surface area contributed by atoms with Crippen molar-refractivity contribution in [3.8, 4) is 0 Å². The third-order valence-electron chi connectivity index (χ3n) is 3.69. The molecule has 0 saturated carbocycles. The minimum absolute atomic E-state index is 0.0723. The van der Waals surface area contributed by atoms with Crippen LogP contribution in [0, 0.1) is 0 Å². The van der Waals surface area contributed by atoms with Crippen molar-refractivity contribution in [2.24, 2.45) is 0 Å². The Labute approximate surface area is 118 Å².